The third-order valence-electron chi connectivity index (χ3n) is 12.0. The lowest BCUT2D eigenvalue weighted by atomic mass is 9.80. The van der Waals surface area contributed by atoms with E-state index in [1.807, 2.05) is 12.3 Å². The van der Waals surface area contributed by atoms with Gasteiger partial charge in [-0.15, -0.1) is 0 Å². The van der Waals surface area contributed by atoms with E-state index in [9.17, 15) is 0 Å². The number of hydrogen-bond donors (Lipinski definition) is 0. The minimum Gasteiger partial charge on any atom is -0.321 e. The van der Waals surface area contributed by atoms with E-state index in [0.29, 0.717) is 0 Å². The second-order valence-corrected chi connectivity index (χ2v) is 19.3. The van der Waals surface area contributed by atoms with Gasteiger partial charge >= 0.3 is 0 Å². The average molecular weight is 811 g/mol. The summed E-state index contributed by atoms with van der Waals surface area (Å²) in [4.78, 5) is 14.6. The fourth-order valence-electron chi connectivity index (χ4n) is 8.70. The van der Waals surface area contributed by atoms with Gasteiger partial charge in [-0.25, -0.2) is 4.98 Å². The first-order chi connectivity index (χ1) is 29.5. The minimum absolute atomic E-state index is 0.0306. The Labute approximate surface area is 365 Å². The van der Waals surface area contributed by atoms with Gasteiger partial charge in [0.2, 0.25) is 0 Å². The van der Waals surface area contributed by atoms with E-state index in [-0.39, 0.29) is 10.8 Å². The smallest absolute Gasteiger partial charge is 0.137 e. The molecule has 0 aliphatic carbocycles. The summed E-state index contributed by atoms with van der Waals surface area (Å²) in [7, 11) is 0. The molecule has 0 atom stereocenters. The van der Waals surface area contributed by atoms with Crippen LogP contribution < -0.4 is 14.7 Å². The van der Waals surface area contributed by atoms with Crippen molar-refractivity contribution in [3.8, 4) is 33.4 Å². The van der Waals surface area contributed by atoms with Crippen molar-refractivity contribution < 1.29 is 0 Å². The monoisotopic (exact) mass is 810 g/mol. The van der Waals surface area contributed by atoms with E-state index in [1.165, 1.54) is 72.2 Å². The van der Waals surface area contributed by atoms with Crippen molar-refractivity contribution in [1.29, 1.82) is 0 Å². The van der Waals surface area contributed by atoms with Crippen LogP contribution in [0.4, 0.5) is 39.9 Å². The second-order valence-electron chi connectivity index (χ2n) is 18.2. The molecule has 8 aromatic rings. The Balaban J connectivity index is 1.04. The summed E-state index contributed by atoms with van der Waals surface area (Å²) < 4.78 is 0. The zero-order chi connectivity index (χ0) is 41.9. The molecule has 2 aliphatic rings. The number of para-hydroxylation sites is 2. The second kappa shape index (κ2) is 15.2. The van der Waals surface area contributed by atoms with Gasteiger partial charge in [0.05, 0.1) is 22.7 Å². The number of anilines is 7. The number of fused-ring (bicyclic) bond motifs is 6. The summed E-state index contributed by atoms with van der Waals surface area (Å²) in [6.45, 7) is 14.6. The van der Waals surface area contributed by atoms with E-state index >= 15 is 0 Å². The van der Waals surface area contributed by atoms with Crippen LogP contribution >= 0.6 is 11.8 Å². The van der Waals surface area contributed by atoms with Crippen LogP contribution in [0.25, 0.3) is 33.4 Å². The molecule has 0 saturated carbocycles. The Bertz CT molecular complexity index is 2880. The van der Waals surface area contributed by atoms with Gasteiger partial charge in [-0.1, -0.05) is 156 Å². The van der Waals surface area contributed by atoms with Gasteiger partial charge < -0.3 is 9.80 Å². The van der Waals surface area contributed by atoms with Crippen molar-refractivity contribution in [2.75, 3.05) is 21.4 Å². The Morgan fingerprint density at radius 3 is 1.67 bits per heavy atom. The van der Waals surface area contributed by atoms with Gasteiger partial charge in [0, 0.05) is 38.5 Å². The van der Waals surface area contributed by atoms with Crippen LogP contribution in [0.1, 0.15) is 52.7 Å². The van der Waals surface area contributed by atoms with Crippen molar-refractivity contribution in [2.24, 2.45) is 0 Å². The first-order valence-corrected chi connectivity index (χ1v) is 22.0. The predicted octanol–water partition coefficient (Wildman–Crippen LogP) is 15.9. The molecule has 5 heteroatoms. The Morgan fingerprint density at radius 2 is 1.02 bits per heavy atom. The summed E-state index contributed by atoms with van der Waals surface area (Å²) in [6, 6.07) is 64.4. The molecule has 2 aliphatic heterocycles. The molecule has 300 valence electrons. The van der Waals surface area contributed by atoms with Crippen molar-refractivity contribution in [3.63, 3.8) is 0 Å². The maximum Gasteiger partial charge on any atom is 0.137 e. The van der Waals surface area contributed by atoms with Crippen molar-refractivity contribution in [3.05, 3.63) is 193 Å². The summed E-state index contributed by atoms with van der Waals surface area (Å²) in [5.74, 6) is 0.882. The van der Waals surface area contributed by atoms with Gasteiger partial charge in [0.1, 0.15) is 12.5 Å². The van der Waals surface area contributed by atoms with Gasteiger partial charge in [-0.3, -0.25) is 4.90 Å². The summed E-state index contributed by atoms with van der Waals surface area (Å²) in [5.41, 5.74) is 17.0. The molecule has 10 rings (SSSR count). The summed E-state index contributed by atoms with van der Waals surface area (Å²) in [5, 5.41) is 0. The molecular formula is C56H50N4S. The molecule has 0 amide bonds. The van der Waals surface area contributed by atoms with Gasteiger partial charge in [-0.05, 0) is 117 Å². The van der Waals surface area contributed by atoms with Gasteiger partial charge in [0.25, 0.3) is 0 Å². The molecule has 4 nitrogen and oxygen atoms in total. The molecule has 0 N–H and O–H groups in total. The highest BCUT2D eigenvalue weighted by Crippen LogP contribution is 2.53. The lowest BCUT2D eigenvalue weighted by Gasteiger charge is -2.29. The molecule has 3 heterocycles. The highest BCUT2D eigenvalue weighted by Gasteiger charge is 2.31. The predicted molar refractivity (Wildman–Crippen MR) is 259 cm³/mol. The van der Waals surface area contributed by atoms with Crippen molar-refractivity contribution >= 4 is 51.7 Å². The lowest BCUT2D eigenvalue weighted by Crippen LogP contribution is -2.25. The molecule has 61 heavy (non-hydrogen) atoms. The maximum absolute atomic E-state index is 4.97. The van der Waals surface area contributed by atoms with Crippen LogP contribution in [0.5, 0.6) is 0 Å². The van der Waals surface area contributed by atoms with Gasteiger partial charge in [-0.2, -0.15) is 0 Å². The third kappa shape index (κ3) is 7.27. The van der Waals surface area contributed by atoms with Crippen LogP contribution in [-0.4, -0.2) is 11.7 Å². The first kappa shape index (κ1) is 38.6. The van der Waals surface area contributed by atoms with E-state index in [2.05, 4.69) is 226 Å². The Kier molecular flexibility index (Phi) is 9.60. The summed E-state index contributed by atoms with van der Waals surface area (Å²) in [6.07, 6.45) is 1.89. The highest BCUT2D eigenvalue weighted by atomic mass is 32.2. The van der Waals surface area contributed by atoms with Crippen LogP contribution in [0, 0.1) is 0 Å². The molecule has 0 unspecified atom stereocenters. The number of benzene rings is 7. The van der Waals surface area contributed by atoms with Crippen molar-refractivity contribution in [2.45, 2.75) is 62.2 Å². The number of hydrogen-bond acceptors (Lipinski definition) is 5. The molecular weight excluding hydrogens is 761 g/mol. The Hall–Kier alpha value is -6.56. The Morgan fingerprint density at radius 1 is 0.426 bits per heavy atom. The molecule has 0 bridgehead atoms. The standard InChI is InChI=1S/C56H50N4S/c1-55(2,3)40-32-41(56(4,5)6)34-43(33-40)59-37-58(50-23-12-13-24-51(50)59)42-19-16-20-44(35-42)61-45-27-29-49-47-22-11-10-21-46(47)48-28-26-39(38-17-8-7-9-18-38)31-52(48)60(53(49)36-45)54-25-14-15-30-57-54/h7-36H,37H2,1-6H3. The fourth-order valence-corrected chi connectivity index (χ4v) is 9.60. The maximum atomic E-state index is 4.97. The lowest BCUT2D eigenvalue weighted by molar-refractivity contribution is 0.568. The van der Waals surface area contributed by atoms with Crippen LogP contribution in [-0.2, 0) is 10.8 Å². The van der Waals surface area contributed by atoms with Crippen LogP contribution in [0.3, 0.4) is 0 Å². The highest BCUT2D eigenvalue weighted by molar-refractivity contribution is 7.99. The topological polar surface area (TPSA) is 22.6 Å². The molecule has 1 aromatic heterocycles. The van der Waals surface area contributed by atoms with Crippen molar-refractivity contribution in [1.82, 2.24) is 4.98 Å². The number of aromatic nitrogens is 1. The van der Waals surface area contributed by atoms with E-state index < -0.39 is 0 Å². The SMILES string of the molecule is CC(C)(C)c1cc(N2CN(c3cccc(Sc4ccc5c(c4)N(c4ccccn4)c4cc(-c6ccccc6)ccc4-c4ccccc4-5)c3)c3ccccc32)cc(C(C)(C)C)c1. The zero-order valence-corrected chi connectivity index (χ0v) is 36.5. The quantitative estimate of drug-likeness (QED) is 0.166. The summed E-state index contributed by atoms with van der Waals surface area (Å²) >= 11 is 1.80. The van der Waals surface area contributed by atoms with E-state index in [4.69, 9.17) is 4.98 Å². The van der Waals surface area contributed by atoms with E-state index in [0.717, 1.165) is 28.8 Å². The number of pyridine rings is 1. The van der Waals surface area contributed by atoms with Crippen LogP contribution in [0.2, 0.25) is 0 Å². The molecule has 0 saturated heterocycles. The minimum atomic E-state index is 0.0306. The first-order valence-electron chi connectivity index (χ1n) is 21.2. The number of nitrogens with zero attached hydrogens (tertiary/aromatic N) is 4. The molecule has 7 aromatic carbocycles. The largest absolute Gasteiger partial charge is 0.321 e. The zero-order valence-electron chi connectivity index (χ0n) is 35.7. The fraction of sp³-hybridized carbons (Fsp3) is 0.161. The molecule has 0 spiro atoms. The van der Waals surface area contributed by atoms with Gasteiger partial charge in [0.15, 0.2) is 0 Å². The van der Waals surface area contributed by atoms with Crippen LogP contribution in [0.15, 0.2) is 192 Å². The van der Waals surface area contributed by atoms with E-state index in [1.54, 1.807) is 11.8 Å². The normalized spacial score (nSPS) is 13.3. The third-order valence-corrected chi connectivity index (χ3v) is 13.0. The molecule has 0 radical (unpaired) electrons. The average Bonchev–Trinajstić information content (AvgIpc) is 3.61. The molecule has 0 fully saturated rings. The number of rotatable bonds is 6.